The number of hydrogen-bond acceptors (Lipinski definition) is 1. The molecule has 1 aliphatic heterocycles. The van der Waals surface area contributed by atoms with Crippen LogP contribution in [0.3, 0.4) is 0 Å². The number of amides is 1. The van der Waals surface area contributed by atoms with E-state index in [4.69, 9.17) is 0 Å². The number of carbonyl (C=O) groups excluding carboxylic acids is 1. The number of nitrogens with one attached hydrogen (secondary N) is 1. The molecule has 0 radical (unpaired) electrons. The summed E-state index contributed by atoms with van der Waals surface area (Å²) in [4.78, 5) is 10.9. The Bertz CT molecular complexity index is 176. The molecule has 0 aromatic rings. The molecular formula is C9H15NO. The highest BCUT2D eigenvalue weighted by atomic mass is 16.2. The molecule has 0 aliphatic carbocycles. The first-order valence-corrected chi connectivity index (χ1v) is 4.14. The predicted octanol–water partition coefficient (Wildman–Crippen LogP) is 1.62. The van der Waals surface area contributed by atoms with Gasteiger partial charge in [0.05, 0.1) is 0 Å². The van der Waals surface area contributed by atoms with Gasteiger partial charge in [-0.2, -0.15) is 0 Å². The average Bonchev–Trinajstić information content (AvgIpc) is 2.34. The lowest BCUT2D eigenvalue weighted by Gasteiger charge is -2.25. The summed E-state index contributed by atoms with van der Waals surface area (Å²) >= 11 is 0. The van der Waals surface area contributed by atoms with Gasteiger partial charge in [0.25, 0.3) is 0 Å². The van der Waals surface area contributed by atoms with Crippen LogP contribution in [0.2, 0.25) is 0 Å². The van der Waals surface area contributed by atoms with Gasteiger partial charge in [-0.05, 0) is 19.3 Å². The fourth-order valence-electron chi connectivity index (χ4n) is 1.61. The van der Waals surface area contributed by atoms with Crippen molar-refractivity contribution >= 4 is 5.91 Å². The Hall–Kier alpha value is -0.790. The number of carbonyl (C=O) groups is 1. The first-order chi connectivity index (χ1) is 5.22. The third-order valence-electron chi connectivity index (χ3n) is 2.45. The van der Waals surface area contributed by atoms with Gasteiger partial charge in [0.2, 0.25) is 5.91 Å². The van der Waals surface area contributed by atoms with E-state index >= 15 is 0 Å². The molecule has 0 bridgehead atoms. The van der Waals surface area contributed by atoms with Crippen LogP contribution in [0, 0.1) is 0 Å². The smallest absolute Gasteiger partial charge is 0.220 e. The van der Waals surface area contributed by atoms with Crippen LogP contribution in [-0.4, -0.2) is 11.4 Å². The monoisotopic (exact) mass is 153 g/mol. The molecule has 1 rings (SSSR count). The highest BCUT2D eigenvalue weighted by Crippen LogP contribution is 2.27. The fraction of sp³-hybridized carbons (Fsp3) is 0.667. The molecule has 2 heteroatoms. The van der Waals surface area contributed by atoms with E-state index in [2.05, 4.69) is 18.8 Å². The van der Waals surface area contributed by atoms with Crippen LogP contribution in [0.4, 0.5) is 0 Å². The van der Waals surface area contributed by atoms with Gasteiger partial charge in [0.1, 0.15) is 0 Å². The molecule has 1 saturated heterocycles. The molecule has 11 heavy (non-hydrogen) atoms. The normalized spacial score (nSPS) is 30.1. The largest absolute Gasteiger partial charge is 0.350 e. The zero-order chi connectivity index (χ0) is 8.32. The average molecular weight is 153 g/mol. The Morgan fingerprint density at radius 3 is 2.91 bits per heavy atom. The Morgan fingerprint density at radius 2 is 2.55 bits per heavy atom. The molecular weight excluding hydrogens is 138 g/mol. The van der Waals surface area contributed by atoms with Crippen molar-refractivity contribution in [1.82, 2.24) is 5.32 Å². The standard InChI is InChI=1S/C9H15NO/c1-3-6-9(4-2)7-5-8(11)10-9/h3H,1,4-7H2,2H3,(H,10,11)/t9-/m1/s1. The second-order valence-electron chi connectivity index (χ2n) is 3.17. The summed E-state index contributed by atoms with van der Waals surface area (Å²) in [6.45, 7) is 5.80. The van der Waals surface area contributed by atoms with E-state index in [0.717, 1.165) is 19.3 Å². The van der Waals surface area contributed by atoms with E-state index in [0.29, 0.717) is 6.42 Å². The van der Waals surface area contributed by atoms with Gasteiger partial charge in [0, 0.05) is 12.0 Å². The molecule has 1 aliphatic rings. The Kier molecular flexibility index (Phi) is 2.32. The van der Waals surface area contributed by atoms with Gasteiger partial charge in [-0.15, -0.1) is 6.58 Å². The summed E-state index contributed by atoms with van der Waals surface area (Å²) in [6.07, 6.45) is 5.44. The van der Waals surface area contributed by atoms with Gasteiger partial charge in [-0.3, -0.25) is 4.79 Å². The molecule has 0 aromatic carbocycles. The minimum absolute atomic E-state index is 0.0405. The van der Waals surface area contributed by atoms with Crippen molar-refractivity contribution in [3.63, 3.8) is 0 Å². The van der Waals surface area contributed by atoms with Crippen molar-refractivity contribution in [2.75, 3.05) is 0 Å². The van der Waals surface area contributed by atoms with Crippen molar-refractivity contribution < 1.29 is 4.79 Å². The van der Waals surface area contributed by atoms with E-state index in [9.17, 15) is 4.79 Å². The number of rotatable bonds is 3. The van der Waals surface area contributed by atoms with E-state index in [1.54, 1.807) is 0 Å². The highest BCUT2D eigenvalue weighted by molar-refractivity contribution is 5.79. The van der Waals surface area contributed by atoms with E-state index < -0.39 is 0 Å². The number of hydrogen-bond donors (Lipinski definition) is 1. The predicted molar refractivity (Wildman–Crippen MR) is 45.2 cm³/mol. The molecule has 0 spiro atoms. The molecule has 1 N–H and O–H groups in total. The van der Waals surface area contributed by atoms with Crippen molar-refractivity contribution in [1.29, 1.82) is 0 Å². The zero-order valence-corrected chi connectivity index (χ0v) is 7.02. The maximum Gasteiger partial charge on any atom is 0.220 e. The topological polar surface area (TPSA) is 29.1 Å². The van der Waals surface area contributed by atoms with Crippen LogP contribution < -0.4 is 5.32 Å². The molecule has 2 nitrogen and oxygen atoms in total. The van der Waals surface area contributed by atoms with E-state index in [1.165, 1.54) is 0 Å². The summed E-state index contributed by atoms with van der Waals surface area (Å²) in [6, 6.07) is 0. The third kappa shape index (κ3) is 1.62. The van der Waals surface area contributed by atoms with Crippen molar-refractivity contribution in [3.8, 4) is 0 Å². The minimum atomic E-state index is 0.0405. The van der Waals surface area contributed by atoms with Crippen LogP contribution in [-0.2, 0) is 4.79 Å². The van der Waals surface area contributed by atoms with Crippen LogP contribution >= 0.6 is 0 Å². The zero-order valence-electron chi connectivity index (χ0n) is 7.02. The molecule has 0 unspecified atom stereocenters. The van der Waals surface area contributed by atoms with Gasteiger partial charge in [0.15, 0.2) is 0 Å². The molecule has 1 atom stereocenters. The SMILES string of the molecule is C=CC[C@]1(CC)CCC(=O)N1. The van der Waals surface area contributed by atoms with Crippen LogP contribution in [0.1, 0.15) is 32.6 Å². The first-order valence-electron chi connectivity index (χ1n) is 4.14. The Labute approximate surface area is 67.7 Å². The van der Waals surface area contributed by atoms with Crippen molar-refractivity contribution in [2.24, 2.45) is 0 Å². The molecule has 62 valence electrons. The van der Waals surface area contributed by atoms with Crippen LogP contribution in [0.25, 0.3) is 0 Å². The Morgan fingerprint density at radius 1 is 1.82 bits per heavy atom. The molecule has 1 fully saturated rings. The van der Waals surface area contributed by atoms with E-state index in [1.807, 2.05) is 6.08 Å². The quantitative estimate of drug-likeness (QED) is 0.613. The molecule has 0 aromatic heterocycles. The molecule has 1 amide bonds. The summed E-state index contributed by atoms with van der Waals surface area (Å²) in [5, 5.41) is 3.01. The van der Waals surface area contributed by atoms with Crippen LogP contribution in [0.15, 0.2) is 12.7 Å². The van der Waals surface area contributed by atoms with Gasteiger partial charge in [-0.1, -0.05) is 13.0 Å². The lowest BCUT2D eigenvalue weighted by atomic mass is 9.91. The first kappa shape index (κ1) is 8.31. The summed E-state index contributed by atoms with van der Waals surface area (Å²) in [5.41, 5.74) is 0.0405. The highest BCUT2D eigenvalue weighted by Gasteiger charge is 2.34. The van der Waals surface area contributed by atoms with Crippen molar-refractivity contribution in [3.05, 3.63) is 12.7 Å². The summed E-state index contributed by atoms with van der Waals surface area (Å²) in [5.74, 6) is 0.189. The molecule has 1 heterocycles. The summed E-state index contributed by atoms with van der Waals surface area (Å²) in [7, 11) is 0. The summed E-state index contributed by atoms with van der Waals surface area (Å²) < 4.78 is 0. The van der Waals surface area contributed by atoms with Gasteiger partial charge >= 0.3 is 0 Å². The third-order valence-corrected chi connectivity index (χ3v) is 2.45. The maximum absolute atomic E-state index is 10.9. The fourth-order valence-corrected chi connectivity index (χ4v) is 1.61. The van der Waals surface area contributed by atoms with Crippen LogP contribution in [0.5, 0.6) is 0 Å². The lowest BCUT2D eigenvalue weighted by molar-refractivity contribution is -0.119. The lowest BCUT2D eigenvalue weighted by Crippen LogP contribution is -2.40. The maximum atomic E-state index is 10.9. The van der Waals surface area contributed by atoms with Crippen molar-refractivity contribution in [2.45, 2.75) is 38.1 Å². The minimum Gasteiger partial charge on any atom is -0.350 e. The van der Waals surface area contributed by atoms with Gasteiger partial charge in [-0.25, -0.2) is 0 Å². The molecule has 0 saturated carbocycles. The Balaban J connectivity index is 2.61. The second-order valence-corrected chi connectivity index (χ2v) is 3.17. The second kappa shape index (κ2) is 3.07. The van der Waals surface area contributed by atoms with Gasteiger partial charge < -0.3 is 5.32 Å². The van der Waals surface area contributed by atoms with E-state index in [-0.39, 0.29) is 11.4 Å².